The third-order valence-electron chi connectivity index (χ3n) is 4.66. The Morgan fingerprint density at radius 3 is 2.27 bits per heavy atom. The number of aliphatic carboxylic acids is 1. The van der Waals surface area contributed by atoms with Gasteiger partial charge in [0.05, 0.1) is 11.8 Å². The van der Waals surface area contributed by atoms with Gasteiger partial charge in [-0.3, -0.25) is 25.2 Å². The molecular formula is C19H26N2O5. The Morgan fingerprint density at radius 1 is 1.08 bits per heavy atom. The largest absolute Gasteiger partial charge is 0.484 e. The molecule has 1 aliphatic carbocycles. The van der Waals surface area contributed by atoms with Crippen LogP contribution >= 0.6 is 0 Å². The highest BCUT2D eigenvalue weighted by molar-refractivity contribution is 5.87. The Hall–Kier alpha value is -2.57. The van der Waals surface area contributed by atoms with Crippen molar-refractivity contribution in [3.8, 4) is 5.75 Å². The number of carboxylic acids is 1. The highest BCUT2D eigenvalue weighted by Crippen LogP contribution is 2.30. The lowest BCUT2D eigenvalue weighted by molar-refractivity contribution is -0.149. The third kappa shape index (κ3) is 5.47. The summed E-state index contributed by atoms with van der Waals surface area (Å²) >= 11 is 0. The third-order valence-corrected chi connectivity index (χ3v) is 4.66. The van der Waals surface area contributed by atoms with Crippen LogP contribution in [0.25, 0.3) is 0 Å². The molecule has 1 aromatic rings. The van der Waals surface area contributed by atoms with E-state index < -0.39 is 29.6 Å². The minimum atomic E-state index is -0.968. The molecule has 1 aromatic carbocycles. The number of hydrogen-bond acceptors (Lipinski definition) is 4. The van der Waals surface area contributed by atoms with Gasteiger partial charge in [-0.2, -0.15) is 0 Å². The molecule has 0 unspecified atom stereocenters. The Morgan fingerprint density at radius 2 is 1.69 bits per heavy atom. The van der Waals surface area contributed by atoms with Crippen molar-refractivity contribution in [2.24, 2.45) is 11.8 Å². The average Bonchev–Trinajstić information content (AvgIpc) is 2.64. The molecule has 1 aliphatic rings. The van der Waals surface area contributed by atoms with Crippen LogP contribution < -0.4 is 15.6 Å². The van der Waals surface area contributed by atoms with Crippen LogP contribution in [0.15, 0.2) is 24.3 Å². The Kier molecular flexibility index (Phi) is 7.00. The van der Waals surface area contributed by atoms with Gasteiger partial charge < -0.3 is 9.84 Å². The van der Waals surface area contributed by atoms with E-state index in [1.54, 1.807) is 12.1 Å². The zero-order valence-corrected chi connectivity index (χ0v) is 15.2. The van der Waals surface area contributed by atoms with Crippen LogP contribution in [0, 0.1) is 11.8 Å². The Bertz CT molecular complexity index is 642. The SMILES string of the molecule is CC(C)c1ccc(OCC(=O)NNC(=O)[C@H]2CCCC[C@H]2C(=O)O)cc1. The molecule has 2 atom stereocenters. The van der Waals surface area contributed by atoms with E-state index in [-0.39, 0.29) is 6.61 Å². The highest BCUT2D eigenvalue weighted by Gasteiger charge is 2.35. The van der Waals surface area contributed by atoms with Gasteiger partial charge in [-0.25, -0.2) is 0 Å². The molecule has 2 amide bonds. The monoisotopic (exact) mass is 362 g/mol. The first-order chi connectivity index (χ1) is 12.4. The molecule has 26 heavy (non-hydrogen) atoms. The summed E-state index contributed by atoms with van der Waals surface area (Å²) < 4.78 is 5.38. The maximum atomic E-state index is 12.2. The van der Waals surface area contributed by atoms with Gasteiger partial charge in [-0.1, -0.05) is 38.8 Å². The van der Waals surface area contributed by atoms with E-state index in [1.807, 2.05) is 12.1 Å². The van der Waals surface area contributed by atoms with Crippen molar-refractivity contribution >= 4 is 17.8 Å². The molecule has 1 saturated carbocycles. The number of hydrogen-bond donors (Lipinski definition) is 3. The fraction of sp³-hybridized carbons (Fsp3) is 0.526. The maximum Gasteiger partial charge on any atom is 0.307 e. The van der Waals surface area contributed by atoms with Crippen molar-refractivity contribution < 1.29 is 24.2 Å². The quantitative estimate of drug-likeness (QED) is 0.673. The van der Waals surface area contributed by atoms with Crippen LogP contribution in [0.4, 0.5) is 0 Å². The van der Waals surface area contributed by atoms with Crippen LogP contribution in [0.1, 0.15) is 51.0 Å². The summed E-state index contributed by atoms with van der Waals surface area (Å²) in [5, 5.41) is 9.21. The molecule has 0 radical (unpaired) electrons. The number of carboxylic acid groups (broad SMARTS) is 1. The molecule has 142 valence electrons. The molecule has 0 spiro atoms. The van der Waals surface area contributed by atoms with Crippen molar-refractivity contribution in [2.75, 3.05) is 6.61 Å². The second kappa shape index (κ2) is 9.22. The molecule has 0 bridgehead atoms. The average molecular weight is 362 g/mol. The van der Waals surface area contributed by atoms with Gasteiger partial charge in [-0.15, -0.1) is 0 Å². The number of carbonyl (C=O) groups is 3. The first-order valence-corrected chi connectivity index (χ1v) is 8.92. The summed E-state index contributed by atoms with van der Waals surface area (Å²) in [5.41, 5.74) is 5.77. The molecule has 0 aromatic heterocycles. The molecular weight excluding hydrogens is 336 g/mol. The highest BCUT2D eigenvalue weighted by atomic mass is 16.5. The van der Waals surface area contributed by atoms with Gasteiger partial charge in [-0.05, 0) is 36.5 Å². The van der Waals surface area contributed by atoms with E-state index in [9.17, 15) is 19.5 Å². The summed E-state index contributed by atoms with van der Waals surface area (Å²) in [6, 6.07) is 7.46. The number of rotatable bonds is 6. The first kappa shape index (κ1) is 19.8. The van der Waals surface area contributed by atoms with Crippen molar-refractivity contribution in [3.05, 3.63) is 29.8 Å². The normalized spacial score (nSPS) is 19.7. The molecule has 2 rings (SSSR count). The number of benzene rings is 1. The van der Waals surface area contributed by atoms with Crippen LogP contribution in [0.2, 0.25) is 0 Å². The second-order valence-corrected chi connectivity index (χ2v) is 6.89. The Labute approximate surface area is 153 Å². The summed E-state index contributed by atoms with van der Waals surface area (Å²) in [7, 11) is 0. The second-order valence-electron chi connectivity index (χ2n) is 6.89. The Balaban J connectivity index is 1.77. The van der Waals surface area contributed by atoms with Gasteiger partial charge in [0.15, 0.2) is 6.61 Å². The molecule has 7 heteroatoms. The summed E-state index contributed by atoms with van der Waals surface area (Å²) in [5.74, 6) is -2.28. The lowest BCUT2D eigenvalue weighted by atomic mass is 9.79. The van der Waals surface area contributed by atoms with Crippen molar-refractivity contribution in [3.63, 3.8) is 0 Å². The van der Waals surface area contributed by atoms with Crippen molar-refractivity contribution in [1.82, 2.24) is 10.9 Å². The van der Waals surface area contributed by atoms with Crippen LogP contribution in [0.3, 0.4) is 0 Å². The van der Waals surface area contributed by atoms with Gasteiger partial charge in [0, 0.05) is 0 Å². The minimum Gasteiger partial charge on any atom is -0.484 e. The summed E-state index contributed by atoms with van der Waals surface area (Å²) in [6.07, 6.45) is 2.61. The molecule has 0 aliphatic heterocycles. The number of amides is 2. The van der Waals surface area contributed by atoms with Crippen LogP contribution in [-0.2, 0) is 14.4 Å². The summed E-state index contributed by atoms with van der Waals surface area (Å²) in [4.78, 5) is 35.2. The number of hydrazine groups is 1. The van der Waals surface area contributed by atoms with E-state index in [4.69, 9.17) is 4.74 Å². The molecule has 1 fully saturated rings. The van der Waals surface area contributed by atoms with Crippen LogP contribution in [0.5, 0.6) is 5.75 Å². The topological polar surface area (TPSA) is 105 Å². The molecule has 0 saturated heterocycles. The number of carbonyl (C=O) groups excluding carboxylic acids is 2. The summed E-state index contributed by atoms with van der Waals surface area (Å²) in [6.45, 7) is 3.94. The van der Waals surface area contributed by atoms with E-state index in [0.717, 1.165) is 12.8 Å². The molecule has 3 N–H and O–H groups in total. The van der Waals surface area contributed by atoms with Gasteiger partial charge >= 0.3 is 5.97 Å². The molecule has 0 heterocycles. The van der Waals surface area contributed by atoms with Crippen LogP contribution in [-0.4, -0.2) is 29.5 Å². The maximum absolute atomic E-state index is 12.2. The van der Waals surface area contributed by atoms with Gasteiger partial charge in [0.2, 0.25) is 5.91 Å². The standard InChI is InChI=1S/C19H26N2O5/c1-12(2)13-7-9-14(10-8-13)26-11-17(22)20-21-18(23)15-5-3-4-6-16(15)19(24)25/h7-10,12,15-16H,3-6,11H2,1-2H3,(H,20,22)(H,21,23)(H,24,25)/t15-,16+/m0/s1. The zero-order chi connectivity index (χ0) is 19.1. The number of ether oxygens (including phenoxy) is 1. The van der Waals surface area contributed by atoms with E-state index in [0.29, 0.717) is 24.5 Å². The van der Waals surface area contributed by atoms with Crippen molar-refractivity contribution in [1.29, 1.82) is 0 Å². The predicted molar refractivity (Wildman–Crippen MR) is 95.4 cm³/mol. The fourth-order valence-corrected chi connectivity index (χ4v) is 3.10. The lowest BCUT2D eigenvalue weighted by Gasteiger charge is -2.27. The minimum absolute atomic E-state index is 0.242. The van der Waals surface area contributed by atoms with E-state index >= 15 is 0 Å². The van der Waals surface area contributed by atoms with Gasteiger partial charge in [0.25, 0.3) is 5.91 Å². The predicted octanol–water partition coefficient (Wildman–Crippen LogP) is 2.23. The van der Waals surface area contributed by atoms with Gasteiger partial charge in [0.1, 0.15) is 5.75 Å². The fourth-order valence-electron chi connectivity index (χ4n) is 3.10. The lowest BCUT2D eigenvalue weighted by Crippen LogP contribution is -2.49. The van der Waals surface area contributed by atoms with E-state index in [1.165, 1.54) is 5.56 Å². The number of nitrogens with one attached hydrogen (secondary N) is 2. The smallest absolute Gasteiger partial charge is 0.307 e. The molecule has 7 nitrogen and oxygen atoms in total. The van der Waals surface area contributed by atoms with E-state index in [2.05, 4.69) is 24.7 Å². The first-order valence-electron chi connectivity index (χ1n) is 8.92. The zero-order valence-electron chi connectivity index (χ0n) is 15.2. The van der Waals surface area contributed by atoms with Crippen molar-refractivity contribution in [2.45, 2.75) is 45.4 Å².